The molecule has 3 aliphatic rings. The molecule has 2 heterocycles. The molecule has 1 saturated carbocycles. The first-order valence-corrected chi connectivity index (χ1v) is 10.9. The van der Waals surface area contributed by atoms with Gasteiger partial charge in [0.15, 0.2) is 0 Å². The van der Waals surface area contributed by atoms with Crippen LogP contribution in [-0.4, -0.2) is 64.0 Å². The average Bonchev–Trinajstić information content (AvgIpc) is 2.83. The van der Waals surface area contributed by atoms with E-state index in [2.05, 4.69) is 13.6 Å². The van der Waals surface area contributed by atoms with Gasteiger partial charge in [-0.2, -0.15) is 0 Å². The Morgan fingerprint density at radius 1 is 0.538 bits per heavy atom. The second-order valence-corrected chi connectivity index (χ2v) is 10.4. The van der Waals surface area contributed by atoms with Crippen molar-refractivity contribution in [3.8, 4) is 0 Å². The van der Waals surface area contributed by atoms with Gasteiger partial charge in [0, 0.05) is 0 Å². The van der Waals surface area contributed by atoms with Crippen LogP contribution in [-0.2, 0) is 45.5 Å². The molecule has 2 saturated heterocycles. The van der Waals surface area contributed by atoms with Gasteiger partial charge in [-0.15, -0.1) is 0 Å². The molecule has 0 aromatic carbocycles. The van der Waals surface area contributed by atoms with Crippen molar-refractivity contribution in [3.05, 3.63) is 0 Å². The molecule has 0 amide bonds. The van der Waals surface area contributed by atoms with Crippen LogP contribution in [0.2, 0.25) is 0 Å². The van der Waals surface area contributed by atoms with Gasteiger partial charge in [0.1, 0.15) is 0 Å². The van der Waals surface area contributed by atoms with E-state index >= 15 is 0 Å². The Bertz CT molecular complexity index is 911. The molecule has 16 nitrogen and oxygen atoms in total. The molecule has 146 valence electrons. The van der Waals surface area contributed by atoms with Gasteiger partial charge >= 0.3 is 30.9 Å². The van der Waals surface area contributed by atoms with E-state index in [-0.39, 0.29) is 0 Å². The molecule has 26 heavy (non-hydrogen) atoms. The number of rotatable bonds is 3. The fourth-order valence-corrected chi connectivity index (χ4v) is 8.68. The molecule has 3 fully saturated rings. The number of fused-ring (bicyclic) bond motifs is 1. The SMILES string of the molecule is O=P(=O)C1(O)[C@](O)(P(=O)=O)[C@@]2(O)OP3(=O)OC2(O)[C@@](O)(O3)[C@@]1(O)P(=O)=O. The van der Waals surface area contributed by atoms with Crippen molar-refractivity contribution in [1.29, 1.82) is 0 Å². The molecule has 6 N–H and O–H groups in total. The average molecular weight is 458 g/mol. The highest BCUT2D eigenvalue weighted by Crippen LogP contribution is 2.85. The standard InChI is InChI=1S/C6H6O16P4/c7-1-2(8)4(10,23(13)14)6(12,25(17)18)5(11,24(15)16)3(1,9)22-26(19,20-1)21-2/h7-12H/t1?,2-,3+,4-,5-,6?,26?/m1/s1. The lowest BCUT2D eigenvalue weighted by atomic mass is 9.75. The number of hydrogen-bond donors (Lipinski definition) is 6. The van der Waals surface area contributed by atoms with Crippen LogP contribution in [0.15, 0.2) is 0 Å². The van der Waals surface area contributed by atoms with Crippen molar-refractivity contribution in [3.63, 3.8) is 0 Å². The minimum absolute atomic E-state index is 4.06. The Balaban J connectivity index is 2.64. The summed E-state index contributed by atoms with van der Waals surface area (Å²) in [6.45, 7) is 0. The zero-order chi connectivity index (χ0) is 20.4. The Labute approximate surface area is 141 Å². The van der Waals surface area contributed by atoms with Gasteiger partial charge < -0.3 is 30.6 Å². The van der Waals surface area contributed by atoms with E-state index in [0.29, 0.717) is 0 Å². The van der Waals surface area contributed by atoms with E-state index in [1.54, 1.807) is 0 Å². The second-order valence-electron chi connectivity index (χ2n) is 5.44. The van der Waals surface area contributed by atoms with E-state index < -0.39 is 64.3 Å². The number of phosphoric acid groups is 1. The molecule has 1 aliphatic carbocycles. The summed E-state index contributed by atoms with van der Waals surface area (Å²) in [7, 11) is -20.4. The van der Waals surface area contributed by atoms with E-state index in [1.807, 2.05) is 0 Å². The largest absolute Gasteiger partial charge is 0.483 e. The van der Waals surface area contributed by atoms with Crippen LogP contribution in [0, 0.1) is 0 Å². The summed E-state index contributed by atoms with van der Waals surface area (Å²) in [5.41, 5.74) is 0. The summed E-state index contributed by atoms with van der Waals surface area (Å²) in [6.07, 6.45) is 0. The summed E-state index contributed by atoms with van der Waals surface area (Å²) < 4.78 is 93.6. The first kappa shape index (κ1) is 20.3. The van der Waals surface area contributed by atoms with Crippen LogP contribution < -0.4 is 0 Å². The van der Waals surface area contributed by atoms with Crippen LogP contribution in [0.3, 0.4) is 0 Å². The van der Waals surface area contributed by atoms with Crippen molar-refractivity contribution in [2.24, 2.45) is 0 Å². The molecular formula is C6H6O16P4. The van der Waals surface area contributed by atoms with Crippen LogP contribution in [0.1, 0.15) is 0 Å². The van der Waals surface area contributed by atoms with E-state index in [4.69, 9.17) is 0 Å². The smallest absolute Gasteiger partial charge is 0.369 e. The maximum Gasteiger partial charge on any atom is 0.483 e. The Kier molecular flexibility index (Phi) is 3.72. The van der Waals surface area contributed by atoms with Crippen molar-refractivity contribution >= 4 is 30.9 Å². The predicted octanol–water partition coefficient (Wildman–Crippen LogP) is -2.16. The lowest BCUT2D eigenvalue weighted by molar-refractivity contribution is -0.488. The summed E-state index contributed by atoms with van der Waals surface area (Å²) in [6, 6.07) is 0. The maximum absolute atomic E-state index is 12.1. The first-order chi connectivity index (χ1) is 11.5. The summed E-state index contributed by atoms with van der Waals surface area (Å²) in [5.74, 6) is -13.4. The van der Waals surface area contributed by atoms with Crippen molar-refractivity contribution < 1.29 is 76.2 Å². The number of aliphatic hydroxyl groups is 6. The molecule has 3 unspecified atom stereocenters. The lowest BCUT2D eigenvalue weighted by Gasteiger charge is -2.59. The third kappa shape index (κ3) is 1.50. The minimum Gasteiger partial charge on any atom is -0.369 e. The van der Waals surface area contributed by atoms with Crippen LogP contribution >= 0.6 is 30.9 Å². The first-order valence-electron chi connectivity index (χ1n) is 5.95. The van der Waals surface area contributed by atoms with Gasteiger partial charge in [0.25, 0.3) is 33.4 Å². The molecule has 2 aliphatic heterocycles. The molecule has 2 bridgehead atoms. The third-order valence-electron chi connectivity index (χ3n) is 4.36. The monoisotopic (exact) mass is 458 g/mol. The van der Waals surface area contributed by atoms with Crippen LogP contribution in [0.25, 0.3) is 0 Å². The quantitative estimate of drug-likeness (QED) is 0.246. The minimum atomic E-state index is -5.49. The van der Waals surface area contributed by atoms with Crippen molar-refractivity contribution in [2.75, 3.05) is 0 Å². The third-order valence-corrected chi connectivity index (χ3v) is 9.66. The van der Waals surface area contributed by atoms with Gasteiger partial charge in [0.05, 0.1) is 0 Å². The molecule has 0 aromatic heterocycles. The second kappa shape index (κ2) is 4.76. The molecule has 20 heteroatoms. The highest BCUT2D eigenvalue weighted by molar-refractivity contribution is 7.49. The Morgan fingerprint density at radius 2 is 0.808 bits per heavy atom. The van der Waals surface area contributed by atoms with Crippen LogP contribution in [0.5, 0.6) is 0 Å². The van der Waals surface area contributed by atoms with E-state index in [0.717, 1.165) is 0 Å². The van der Waals surface area contributed by atoms with Gasteiger partial charge in [-0.1, -0.05) is 0 Å². The molecule has 0 aromatic rings. The fourth-order valence-electron chi connectivity index (χ4n) is 3.09. The predicted molar refractivity (Wildman–Crippen MR) is 65.4 cm³/mol. The Hall–Kier alpha value is -0.430. The normalized spacial score (nSPS) is 57.8. The molecular weight excluding hydrogens is 452 g/mol. The highest BCUT2D eigenvalue weighted by atomic mass is 31.2. The number of phosphoric ester groups is 1. The molecule has 3 rings (SSSR count). The fraction of sp³-hybridized carbons (Fsp3) is 1.00. The highest BCUT2D eigenvalue weighted by Gasteiger charge is 3.05. The molecule has 0 radical (unpaired) electrons. The van der Waals surface area contributed by atoms with Crippen molar-refractivity contribution in [1.82, 2.24) is 0 Å². The summed E-state index contributed by atoms with van der Waals surface area (Å²) in [5, 5.41) is 47.2. The number of hydrogen-bond acceptors (Lipinski definition) is 16. The Morgan fingerprint density at radius 3 is 1.04 bits per heavy atom. The van der Waals surface area contributed by atoms with Crippen molar-refractivity contribution in [2.45, 2.75) is 33.4 Å². The van der Waals surface area contributed by atoms with Gasteiger partial charge in [-0.3, -0.25) is 0 Å². The van der Waals surface area contributed by atoms with Gasteiger partial charge in [-0.05, 0) is 0 Å². The summed E-state index contributed by atoms with van der Waals surface area (Å²) in [4.78, 5) is 0. The molecule has 0 spiro atoms. The molecule has 7 atom stereocenters. The van der Waals surface area contributed by atoms with E-state index in [1.165, 1.54) is 0 Å². The summed E-state index contributed by atoms with van der Waals surface area (Å²) >= 11 is 0. The van der Waals surface area contributed by atoms with Gasteiger partial charge in [-0.25, -0.2) is 45.5 Å². The lowest BCUT2D eigenvalue weighted by Crippen LogP contribution is -2.91. The topological polar surface area (TPSA) is 269 Å². The maximum atomic E-state index is 12.1. The van der Waals surface area contributed by atoms with Gasteiger partial charge in [0.2, 0.25) is 0 Å². The van der Waals surface area contributed by atoms with E-state index in [9.17, 15) is 62.6 Å². The zero-order valence-electron chi connectivity index (χ0n) is 11.6. The van der Waals surface area contributed by atoms with Crippen LogP contribution in [0.4, 0.5) is 0 Å². The zero-order valence-corrected chi connectivity index (χ0v) is 15.1.